The van der Waals surface area contributed by atoms with E-state index in [4.69, 9.17) is 27.9 Å². The number of nitrogens with one attached hydrogen (secondary N) is 1. The van der Waals surface area contributed by atoms with Crippen molar-refractivity contribution in [1.82, 2.24) is 0 Å². The molecule has 5 heteroatoms. The highest BCUT2D eigenvalue weighted by Crippen LogP contribution is 2.28. The number of amides is 1. The number of rotatable bonds is 4. The zero-order valence-electron chi connectivity index (χ0n) is 10.8. The van der Waals surface area contributed by atoms with Crippen LogP contribution in [0.2, 0.25) is 10.0 Å². The molecule has 2 aromatic rings. The van der Waals surface area contributed by atoms with Crippen LogP contribution in [0.4, 0.5) is 5.69 Å². The number of anilines is 1. The second kappa shape index (κ2) is 6.64. The van der Waals surface area contributed by atoms with Gasteiger partial charge in [0.2, 0.25) is 0 Å². The summed E-state index contributed by atoms with van der Waals surface area (Å²) >= 11 is 12.0. The molecule has 0 heterocycles. The van der Waals surface area contributed by atoms with E-state index in [-0.39, 0.29) is 11.5 Å². The Kier molecular flexibility index (Phi) is 4.88. The van der Waals surface area contributed by atoms with Gasteiger partial charge in [-0.3, -0.25) is 4.79 Å². The minimum Gasteiger partial charge on any atom is -0.492 e. The first-order valence-electron chi connectivity index (χ1n) is 6.10. The van der Waals surface area contributed by atoms with Crippen molar-refractivity contribution >= 4 is 34.8 Å². The molecule has 0 spiro atoms. The Morgan fingerprint density at radius 1 is 1.10 bits per heavy atom. The fourth-order valence-corrected chi connectivity index (χ4v) is 2.32. The molecule has 2 rings (SSSR count). The lowest BCUT2D eigenvalue weighted by Crippen LogP contribution is -2.14. The molecule has 104 valence electrons. The maximum absolute atomic E-state index is 12.3. The Hall–Kier alpha value is -1.71. The van der Waals surface area contributed by atoms with Crippen molar-refractivity contribution < 1.29 is 9.53 Å². The van der Waals surface area contributed by atoms with Gasteiger partial charge in [-0.1, -0.05) is 41.4 Å². The molecule has 1 N–H and O–H groups in total. The maximum Gasteiger partial charge on any atom is 0.258 e. The fourth-order valence-electron chi connectivity index (χ4n) is 1.75. The van der Waals surface area contributed by atoms with E-state index in [9.17, 15) is 4.79 Å². The van der Waals surface area contributed by atoms with E-state index in [1.807, 2.05) is 19.1 Å². The first-order chi connectivity index (χ1) is 9.63. The molecule has 0 saturated carbocycles. The molecule has 0 bridgehead atoms. The lowest BCUT2D eigenvalue weighted by Gasteiger charge is -2.12. The topological polar surface area (TPSA) is 38.3 Å². The highest BCUT2D eigenvalue weighted by molar-refractivity contribution is 6.40. The first kappa shape index (κ1) is 14.7. The van der Waals surface area contributed by atoms with E-state index < -0.39 is 0 Å². The van der Waals surface area contributed by atoms with Crippen molar-refractivity contribution in [3.05, 3.63) is 58.1 Å². The van der Waals surface area contributed by atoms with Crippen LogP contribution in [0.25, 0.3) is 0 Å². The van der Waals surface area contributed by atoms with E-state index in [1.54, 1.807) is 30.3 Å². The highest BCUT2D eigenvalue weighted by Gasteiger charge is 2.16. The van der Waals surface area contributed by atoms with Crippen LogP contribution in [0.1, 0.15) is 17.3 Å². The van der Waals surface area contributed by atoms with Crippen LogP contribution in [-0.4, -0.2) is 12.5 Å². The van der Waals surface area contributed by atoms with Gasteiger partial charge in [0.15, 0.2) is 0 Å². The second-order valence-corrected chi connectivity index (χ2v) is 4.79. The molecular weight excluding hydrogens is 297 g/mol. The van der Waals surface area contributed by atoms with Gasteiger partial charge in [-0.05, 0) is 31.2 Å². The van der Waals surface area contributed by atoms with Gasteiger partial charge < -0.3 is 10.1 Å². The number of ether oxygens (including phenoxy) is 1. The van der Waals surface area contributed by atoms with E-state index >= 15 is 0 Å². The Balaban J connectivity index is 2.28. The molecule has 1 amide bonds. The van der Waals surface area contributed by atoms with Crippen LogP contribution >= 0.6 is 23.2 Å². The SMILES string of the molecule is CCOc1ccccc1NC(=O)c1c(Cl)cccc1Cl. The van der Waals surface area contributed by atoms with Gasteiger partial charge in [-0.15, -0.1) is 0 Å². The van der Waals surface area contributed by atoms with Crippen molar-refractivity contribution in [3.63, 3.8) is 0 Å². The third-order valence-electron chi connectivity index (χ3n) is 2.62. The smallest absolute Gasteiger partial charge is 0.258 e. The van der Waals surface area contributed by atoms with Crippen molar-refractivity contribution in [2.24, 2.45) is 0 Å². The maximum atomic E-state index is 12.3. The van der Waals surface area contributed by atoms with Crippen LogP contribution in [0, 0.1) is 0 Å². The predicted octanol–water partition coefficient (Wildman–Crippen LogP) is 4.64. The summed E-state index contributed by atoms with van der Waals surface area (Å²) in [6, 6.07) is 12.1. The van der Waals surface area contributed by atoms with Crippen molar-refractivity contribution in [3.8, 4) is 5.75 Å². The van der Waals surface area contributed by atoms with E-state index in [2.05, 4.69) is 5.32 Å². The molecule has 0 aliphatic heterocycles. The number of para-hydroxylation sites is 2. The predicted molar refractivity (Wildman–Crippen MR) is 82.0 cm³/mol. The summed E-state index contributed by atoms with van der Waals surface area (Å²) in [6.45, 7) is 2.39. The molecule has 2 aromatic carbocycles. The van der Waals surface area contributed by atoms with Crippen molar-refractivity contribution in [2.45, 2.75) is 6.92 Å². The average molecular weight is 310 g/mol. The summed E-state index contributed by atoms with van der Waals surface area (Å²) in [7, 11) is 0. The van der Waals surface area contributed by atoms with E-state index in [1.165, 1.54) is 0 Å². The van der Waals surface area contributed by atoms with Gasteiger partial charge >= 0.3 is 0 Å². The third-order valence-corrected chi connectivity index (χ3v) is 3.25. The molecule has 20 heavy (non-hydrogen) atoms. The van der Waals surface area contributed by atoms with Crippen molar-refractivity contribution in [1.29, 1.82) is 0 Å². The normalized spacial score (nSPS) is 10.2. The molecular formula is C15H13Cl2NO2. The average Bonchev–Trinajstić information content (AvgIpc) is 2.41. The van der Waals surface area contributed by atoms with E-state index in [0.717, 1.165) is 0 Å². The first-order valence-corrected chi connectivity index (χ1v) is 6.86. The van der Waals surface area contributed by atoms with Crippen molar-refractivity contribution in [2.75, 3.05) is 11.9 Å². The Labute approximate surface area is 127 Å². The van der Waals surface area contributed by atoms with Gasteiger partial charge in [-0.25, -0.2) is 0 Å². The zero-order chi connectivity index (χ0) is 14.5. The van der Waals surface area contributed by atoms with E-state index in [0.29, 0.717) is 28.1 Å². The zero-order valence-corrected chi connectivity index (χ0v) is 12.3. The van der Waals surface area contributed by atoms with Gasteiger partial charge in [0.05, 0.1) is 27.9 Å². The molecule has 0 radical (unpaired) electrons. The standard InChI is InChI=1S/C15H13Cl2NO2/c1-2-20-13-9-4-3-8-12(13)18-15(19)14-10(16)6-5-7-11(14)17/h3-9H,2H2,1H3,(H,18,19). The van der Waals surface area contributed by atoms with Gasteiger partial charge in [0.1, 0.15) is 5.75 Å². The summed E-state index contributed by atoms with van der Waals surface area (Å²) < 4.78 is 5.45. The molecule has 0 unspecified atom stereocenters. The van der Waals surface area contributed by atoms with Gasteiger partial charge in [0.25, 0.3) is 5.91 Å². The number of hydrogen-bond acceptors (Lipinski definition) is 2. The number of carbonyl (C=O) groups excluding carboxylic acids is 1. The van der Waals surface area contributed by atoms with Crippen LogP contribution in [0.5, 0.6) is 5.75 Å². The number of hydrogen-bond donors (Lipinski definition) is 1. The summed E-state index contributed by atoms with van der Waals surface area (Å²) in [5, 5.41) is 3.38. The number of halogens is 2. The minimum absolute atomic E-state index is 0.252. The lowest BCUT2D eigenvalue weighted by atomic mass is 10.2. The Morgan fingerprint density at radius 2 is 1.75 bits per heavy atom. The van der Waals surface area contributed by atoms with Crippen LogP contribution in [0.15, 0.2) is 42.5 Å². The van der Waals surface area contributed by atoms with Crippen LogP contribution in [0.3, 0.4) is 0 Å². The minimum atomic E-state index is -0.368. The largest absolute Gasteiger partial charge is 0.492 e. The molecule has 0 aromatic heterocycles. The monoisotopic (exact) mass is 309 g/mol. The lowest BCUT2D eigenvalue weighted by molar-refractivity contribution is 0.102. The van der Waals surface area contributed by atoms with Gasteiger partial charge in [-0.2, -0.15) is 0 Å². The summed E-state index contributed by atoms with van der Waals surface area (Å²) in [6.07, 6.45) is 0. The van der Waals surface area contributed by atoms with Crippen LogP contribution in [-0.2, 0) is 0 Å². The molecule has 0 atom stereocenters. The number of carbonyl (C=O) groups is 1. The van der Waals surface area contributed by atoms with Crippen LogP contribution < -0.4 is 10.1 Å². The molecule has 0 aliphatic rings. The summed E-state index contributed by atoms with van der Waals surface area (Å²) in [4.78, 5) is 12.3. The fraction of sp³-hybridized carbons (Fsp3) is 0.133. The Bertz CT molecular complexity index is 609. The Morgan fingerprint density at radius 3 is 2.40 bits per heavy atom. The highest BCUT2D eigenvalue weighted by atomic mass is 35.5. The molecule has 0 fully saturated rings. The van der Waals surface area contributed by atoms with Gasteiger partial charge in [0, 0.05) is 0 Å². The molecule has 0 saturated heterocycles. The third kappa shape index (κ3) is 3.24. The molecule has 0 aliphatic carbocycles. The molecule has 3 nitrogen and oxygen atoms in total. The summed E-state index contributed by atoms with van der Waals surface area (Å²) in [5.74, 6) is 0.235. The summed E-state index contributed by atoms with van der Waals surface area (Å²) in [5.41, 5.74) is 0.831. The second-order valence-electron chi connectivity index (χ2n) is 3.98. The quantitative estimate of drug-likeness (QED) is 0.893. The number of benzene rings is 2.